The topological polar surface area (TPSA) is 154 Å². The normalized spacial score (nSPS) is 11.6. The second kappa shape index (κ2) is 35.2. The molecule has 0 saturated carbocycles. The van der Waals surface area contributed by atoms with E-state index in [4.69, 9.17) is 9.47 Å². The monoisotopic (exact) mass is 1410 g/mol. The van der Waals surface area contributed by atoms with Crippen LogP contribution >= 0.6 is 0 Å². The maximum Gasteiger partial charge on any atom is 0.163 e. The fourth-order valence-corrected chi connectivity index (χ4v) is 14.3. The van der Waals surface area contributed by atoms with E-state index in [0.29, 0.717) is 45.3 Å². The molecule has 0 bridgehead atoms. The lowest BCUT2D eigenvalue weighted by Crippen LogP contribution is -2.26. The molecule has 0 radical (unpaired) electrons. The number of Topliss-reactive ketones (excluding diaryl/α,β-unsaturated/α-hetero) is 6. The first-order chi connectivity index (χ1) is 49.9. The summed E-state index contributed by atoms with van der Waals surface area (Å²) in [5.74, 6) is 0.412. The molecule has 12 rings (SSSR count). The van der Waals surface area contributed by atoms with Gasteiger partial charge < -0.3 is 47.3 Å². The molecule has 0 aliphatic rings. The van der Waals surface area contributed by atoms with Gasteiger partial charge in [0.25, 0.3) is 0 Å². The molecule has 0 unspecified atom stereocenters. The van der Waals surface area contributed by atoms with Crippen LogP contribution in [0.5, 0.6) is 11.5 Å². The molecule has 548 valence electrons. The SMILES string of the molecule is CCN(CC)CCn1c2ccc(C(C)=O)cc2c2c(F)c(C(C)=O)ccc21.CCN(CC)CCn1c2ccc(C(C)=O)cc2c2c(OC)cccc21.CCN(CC)CCn1c2ccc(C(C)=O)cc2c2cc(C(C)=O)c(OC)cc21.CCN(CC)CCn1c2ccc(F)cc2c2cc(C(C)=O)ccc21. The summed E-state index contributed by atoms with van der Waals surface area (Å²) in [6.07, 6.45) is 0. The molecule has 0 aliphatic carbocycles. The van der Waals surface area contributed by atoms with Crippen molar-refractivity contribution in [2.75, 3.05) is 92.8 Å². The van der Waals surface area contributed by atoms with Gasteiger partial charge in [0.1, 0.15) is 23.1 Å². The number of carbonyl (C=O) groups is 6. The third kappa shape index (κ3) is 16.7. The molecule has 0 saturated heterocycles. The van der Waals surface area contributed by atoms with Crippen molar-refractivity contribution in [2.24, 2.45) is 0 Å². The van der Waals surface area contributed by atoms with Gasteiger partial charge in [-0.2, -0.15) is 0 Å². The van der Waals surface area contributed by atoms with Gasteiger partial charge in [-0.3, -0.25) is 28.8 Å². The van der Waals surface area contributed by atoms with Gasteiger partial charge in [0.05, 0.1) is 41.9 Å². The molecular weight excluding hydrogens is 1310 g/mol. The van der Waals surface area contributed by atoms with Crippen molar-refractivity contribution in [2.45, 2.75) is 123 Å². The maximum absolute atomic E-state index is 15.2. The number of carbonyl (C=O) groups excluding carboxylic acids is 6. The summed E-state index contributed by atoms with van der Waals surface area (Å²) in [5, 5.41) is 7.04. The van der Waals surface area contributed by atoms with Crippen molar-refractivity contribution >= 4 is 122 Å². The summed E-state index contributed by atoms with van der Waals surface area (Å²) in [5.41, 5.74) is 11.3. The van der Waals surface area contributed by atoms with Gasteiger partial charge in [-0.25, -0.2) is 8.78 Å². The summed E-state index contributed by atoms with van der Waals surface area (Å²) in [4.78, 5) is 80.7. The van der Waals surface area contributed by atoms with Gasteiger partial charge in [-0.1, -0.05) is 61.5 Å². The van der Waals surface area contributed by atoms with Gasteiger partial charge in [0.15, 0.2) is 34.7 Å². The van der Waals surface area contributed by atoms with Crippen LogP contribution in [0.4, 0.5) is 8.78 Å². The number of methoxy groups -OCH3 is 2. The van der Waals surface area contributed by atoms with E-state index in [1.54, 1.807) is 66.2 Å². The molecule has 0 atom stereocenters. The van der Waals surface area contributed by atoms with Gasteiger partial charge in [-0.05, 0) is 215 Å². The largest absolute Gasteiger partial charge is 0.496 e. The van der Waals surface area contributed by atoms with Crippen molar-refractivity contribution in [1.29, 1.82) is 0 Å². The number of benzene rings is 8. The zero-order valence-corrected chi connectivity index (χ0v) is 63.6. The summed E-state index contributed by atoms with van der Waals surface area (Å²) in [6, 6.07) is 41.2. The van der Waals surface area contributed by atoms with E-state index in [1.165, 1.54) is 19.9 Å². The number of likely N-dealkylation sites (N-methyl/N-ethyl adjacent to an activating group) is 4. The third-order valence-corrected chi connectivity index (χ3v) is 20.6. The minimum atomic E-state index is -0.507. The van der Waals surface area contributed by atoms with Gasteiger partial charge >= 0.3 is 0 Å². The van der Waals surface area contributed by atoms with Crippen LogP contribution in [0.2, 0.25) is 0 Å². The van der Waals surface area contributed by atoms with Crippen molar-refractivity contribution in [1.82, 2.24) is 37.9 Å². The Labute approximate surface area is 609 Å². The van der Waals surface area contributed by atoms with Crippen molar-refractivity contribution in [3.05, 3.63) is 178 Å². The minimum Gasteiger partial charge on any atom is -0.496 e. The average Bonchev–Trinajstić information content (AvgIpc) is 1.69. The lowest BCUT2D eigenvalue weighted by Gasteiger charge is -2.19. The molecule has 0 aliphatic heterocycles. The molecule has 0 fully saturated rings. The van der Waals surface area contributed by atoms with Gasteiger partial charge in [-0.15, -0.1) is 0 Å². The summed E-state index contributed by atoms with van der Waals surface area (Å²) in [6.45, 7) is 41.4. The number of hydrogen-bond acceptors (Lipinski definition) is 12. The molecule has 12 aromatic rings. The molecule has 18 heteroatoms. The highest BCUT2D eigenvalue weighted by atomic mass is 19.1. The lowest BCUT2D eigenvalue weighted by molar-refractivity contribution is 0.100. The van der Waals surface area contributed by atoms with E-state index in [-0.39, 0.29) is 46.1 Å². The highest BCUT2D eigenvalue weighted by molar-refractivity contribution is 6.17. The van der Waals surface area contributed by atoms with E-state index in [0.717, 1.165) is 186 Å². The first-order valence-corrected chi connectivity index (χ1v) is 36.6. The summed E-state index contributed by atoms with van der Waals surface area (Å²) in [7, 11) is 3.28. The van der Waals surface area contributed by atoms with Crippen LogP contribution < -0.4 is 9.47 Å². The number of hydrogen-bond donors (Lipinski definition) is 0. The Kier molecular flexibility index (Phi) is 26.5. The first kappa shape index (κ1) is 78.4. The van der Waals surface area contributed by atoms with Crippen LogP contribution in [0.15, 0.2) is 133 Å². The van der Waals surface area contributed by atoms with E-state index in [2.05, 4.69) is 105 Å². The summed E-state index contributed by atoms with van der Waals surface area (Å²) < 4.78 is 49.0. The van der Waals surface area contributed by atoms with E-state index >= 15 is 4.39 Å². The fourth-order valence-electron chi connectivity index (χ4n) is 14.3. The average molecular weight is 1410 g/mol. The molecule has 0 spiro atoms. The Morgan fingerprint density at radius 3 is 1.01 bits per heavy atom. The highest BCUT2D eigenvalue weighted by Crippen LogP contribution is 2.39. The third-order valence-electron chi connectivity index (χ3n) is 20.6. The Balaban J connectivity index is 0.000000161. The molecule has 104 heavy (non-hydrogen) atoms. The van der Waals surface area contributed by atoms with Crippen molar-refractivity contribution in [3.8, 4) is 11.5 Å². The van der Waals surface area contributed by atoms with Crippen molar-refractivity contribution < 1.29 is 47.0 Å². The van der Waals surface area contributed by atoms with Gasteiger partial charge in [0, 0.05) is 151 Å². The quantitative estimate of drug-likeness (QED) is 0.0429. The smallest absolute Gasteiger partial charge is 0.163 e. The Morgan fingerprint density at radius 1 is 0.317 bits per heavy atom. The van der Waals surface area contributed by atoms with Crippen LogP contribution in [-0.2, 0) is 26.2 Å². The van der Waals surface area contributed by atoms with Crippen LogP contribution in [0.3, 0.4) is 0 Å². The molecule has 0 N–H and O–H groups in total. The highest BCUT2D eigenvalue weighted by Gasteiger charge is 2.23. The van der Waals surface area contributed by atoms with Crippen LogP contribution in [-0.4, -0.2) is 165 Å². The molecular formula is C86H102F2N8O8. The lowest BCUT2D eigenvalue weighted by atomic mass is 10.0. The van der Waals surface area contributed by atoms with Crippen LogP contribution in [0, 0.1) is 11.6 Å². The Hall–Kier alpha value is -9.72. The number of rotatable bonds is 28. The number of aromatic nitrogens is 4. The minimum absolute atomic E-state index is 0.0253. The molecule has 4 aromatic heterocycles. The number of ether oxygens (including phenoxy) is 2. The molecule has 8 aromatic carbocycles. The predicted octanol–water partition coefficient (Wildman–Crippen LogP) is 18.1. The second-order valence-corrected chi connectivity index (χ2v) is 26.4. The molecule has 16 nitrogen and oxygen atoms in total. The molecule has 0 amide bonds. The number of ketones is 6. The first-order valence-electron chi connectivity index (χ1n) is 36.6. The van der Waals surface area contributed by atoms with Crippen molar-refractivity contribution in [3.63, 3.8) is 0 Å². The zero-order valence-electron chi connectivity index (χ0n) is 63.6. The van der Waals surface area contributed by atoms with Crippen LogP contribution in [0.25, 0.3) is 87.2 Å². The van der Waals surface area contributed by atoms with E-state index in [1.807, 2.05) is 91.0 Å². The standard InChI is InChI=1S/C23H28N2O3.C22H25FN2O2.C21H26N2O2.C20H23FN2O/c1-6-24(7-2)10-11-25-21-9-8-17(15(3)26)12-19(21)20-13-18(16(4)27)23(28-5)14-22(20)25;1-5-24(6-2)11-12-25-19-9-7-16(14(3)26)13-18(19)21-20(25)10-8-17(15(4)27)22(21)23;1-5-22(6-2)12-13-23-18-11-10-16(15(3)24)14-17(18)21-19(23)8-7-9-20(21)25-4;1-4-22(5-2)10-11-23-19-8-6-15(14(3)24)12-17(19)18-13-16(21)7-9-20(18)23/h8-9,12-14H,6-7,10-11H2,1-5H3;7-10,13H,5-6,11-12H2,1-4H3;7-11,14H,5-6,12-13H2,1-4H3;6-9,12-13H,4-5,10-11H2,1-3H3. The molecule has 4 heterocycles. The van der Waals surface area contributed by atoms with E-state index < -0.39 is 5.82 Å². The maximum atomic E-state index is 15.2. The number of nitrogens with zero attached hydrogens (tertiary/aromatic N) is 8. The zero-order chi connectivity index (χ0) is 75.4. The Bertz CT molecular complexity index is 5160. The predicted molar refractivity (Wildman–Crippen MR) is 422 cm³/mol. The Morgan fingerprint density at radius 2 is 0.635 bits per heavy atom. The number of fused-ring (bicyclic) bond motifs is 12. The number of halogens is 2. The fraction of sp³-hybridized carbons (Fsp3) is 0.372. The summed E-state index contributed by atoms with van der Waals surface area (Å²) >= 11 is 0. The van der Waals surface area contributed by atoms with Gasteiger partial charge in [0.2, 0.25) is 0 Å². The second-order valence-electron chi connectivity index (χ2n) is 26.4. The van der Waals surface area contributed by atoms with E-state index in [9.17, 15) is 33.2 Å². The van der Waals surface area contributed by atoms with Crippen LogP contribution in [0.1, 0.15) is 159 Å².